The summed E-state index contributed by atoms with van der Waals surface area (Å²) >= 11 is 6.01. The molecule has 3 N–H and O–H groups in total. The molecule has 1 aromatic carbocycles. The van der Waals surface area contributed by atoms with E-state index in [9.17, 15) is 4.79 Å². The molecule has 0 saturated heterocycles. The minimum Gasteiger partial charge on any atom is -0.492 e. The van der Waals surface area contributed by atoms with E-state index < -0.39 is 6.03 Å². The van der Waals surface area contributed by atoms with Crippen LogP contribution >= 0.6 is 11.6 Å². The van der Waals surface area contributed by atoms with Crippen molar-refractivity contribution in [3.63, 3.8) is 0 Å². The molecule has 18 heavy (non-hydrogen) atoms. The van der Waals surface area contributed by atoms with E-state index in [2.05, 4.69) is 5.32 Å². The number of hydrogen-bond acceptors (Lipinski definition) is 2. The van der Waals surface area contributed by atoms with Crippen molar-refractivity contribution in [2.75, 3.05) is 6.61 Å². The van der Waals surface area contributed by atoms with Crippen LogP contribution in [0.5, 0.6) is 5.75 Å². The van der Waals surface area contributed by atoms with E-state index in [0.29, 0.717) is 23.8 Å². The Morgan fingerprint density at radius 2 is 2.22 bits per heavy atom. The van der Waals surface area contributed by atoms with Crippen molar-refractivity contribution in [3.05, 3.63) is 28.8 Å². The summed E-state index contributed by atoms with van der Waals surface area (Å²) in [5.41, 5.74) is 6.19. The average molecular weight is 271 g/mol. The minimum absolute atomic E-state index is 0.0261. The molecule has 5 heteroatoms. The van der Waals surface area contributed by atoms with Crippen molar-refractivity contribution in [2.24, 2.45) is 5.73 Å². The van der Waals surface area contributed by atoms with Crippen LogP contribution in [0.15, 0.2) is 18.2 Å². The van der Waals surface area contributed by atoms with E-state index in [1.165, 1.54) is 0 Å². The SMILES string of the molecule is CCOc1cc(CC(CC)NC(N)=O)ccc1Cl. The molecule has 1 rings (SSSR count). The number of nitrogens with two attached hydrogens (primary N) is 1. The molecule has 4 nitrogen and oxygen atoms in total. The molecule has 0 aliphatic rings. The van der Waals surface area contributed by atoms with Gasteiger partial charge in [0.05, 0.1) is 11.6 Å². The molecule has 2 amide bonds. The second-order valence-electron chi connectivity index (χ2n) is 4.02. The molecule has 0 radical (unpaired) electrons. The normalized spacial score (nSPS) is 11.9. The topological polar surface area (TPSA) is 64.3 Å². The lowest BCUT2D eigenvalue weighted by atomic mass is 10.0. The summed E-state index contributed by atoms with van der Waals surface area (Å²) in [4.78, 5) is 10.8. The molecule has 0 bridgehead atoms. The molecule has 0 aliphatic carbocycles. The monoisotopic (exact) mass is 270 g/mol. The van der Waals surface area contributed by atoms with Crippen LogP contribution in [0.3, 0.4) is 0 Å². The zero-order valence-electron chi connectivity index (χ0n) is 10.7. The maximum absolute atomic E-state index is 10.8. The van der Waals surface area contributed by atoms with Crippen molar-refractivity contribution in [1.82, 2.24) is 5.32 Å². The van der Waals surface area contributed by atoms with Gasteiger partial charge in [-0.15, -0.1) is 0 Å². The fourth-order valence-corrected chi connectivity index (χ4v) is 1.90. The highest BCUT2D eigenvalue weighted by molar-refractivity contribution is 6.32. The summed E-state index contributed by atoms with van der Waals surface area (Å²) in [5, 5.41) is 3.30. The Hall–Kier alpha value is -1.42. The standard InChI is InChI=1S/C13H19ClN2O2/c1-3-10(16-13(15)17)7-9-5-6-11(14)12(8-9)18-4-2/h5-6,8,10H,3-4,7H2,1-2H3,(H3,15,16,17). The Bertz CT molecular complexity index is 410. The Labute approximate surface area is 112 Å². The maximum Gasteiger partial charge on any atom is 0.312 e. The third-order valence-corrected chi connectivity index (χ3v) is 2.93. The number of halogens is 1. The zero-order valence-corrected chi connectivity index (χ0v) is 11.5. The molecule has 0 fully saturated rings. The highest BCUT2D eigenvalue weighted by atomic mass is 35.5. The summed E-state index contributed by atoms with van der Waals surface area (Å²) in [6.45, 7) is 4.48. The molecule has 0 saturated carbocycles. The molecule has 1 unspecified atom stereocenters. The van der Waals surface area contributed by atoms with Crippen LogP contribution in [-0.2, 0) is 6.42 Å². The molecular formula is C13H19ClN2O2. The smallest absolute Gasteiger partial charge is 0.312 e. The number of rotatable bonds is 6. The lowest BCUT2D eigenvalue weighted by Gasteiger charge is -2.16. The molecule has 0 aromatic heterocycles. The van der Waals surface area contributed by atoms with Crippen LogP contribution in [0.1, 0.15) is 25.8 Å². The molecule has 0 aliphatic heterocycles. The number of amides is 2. The van der Waals surface area contributed by atoms with Crippen LogP contribution in [0, 0.1) is 0 Å². The summed E-state index contributed by atoms with van der Waals surface area (Å²) in [7, 11) is 0. The first-order valence-electron chi connectivity index (χ1n) is 6.04. The van der Waals surface area contributed by atoms with Crippen LogP contribution in [-0.4, -0.2) is 18.7 Å². The van der Waals surface area contributed by atoms with Gasteiger partial charge in [0.1, 0.15) is 5.75 Å². The Kier molecular flexibility index (Phi) is 5.78. The molecule has 100 valence electrons. The molecule has 1 atom stereocenters. The van der Waals surface area contributed by atoms with Crippen molar-refractivity contribution in [2.45, 2.75) is 32.7 Å². The Morgan fingerprint density at radius 1 is 1.50 bits per heavy atom. The molecule has 0 spiro atoms. The van der Waals surface area contributed by atoms with E-state index in [0.717, 1.165) is 12.0 Å². The van der Waals surface area contributed by atoms with Crippen LogP contribution < -0.4 is 15.8 Å². The quantitative estimate of drug-likeness (QED) is 0.835. The van der Waals surface area contributed by atoms with Gasteiger partial charge in [-0.2, -0.15) is 0 Å². The van der Waals surface area contributed by atoms with E-state index in [1.54, 1.807) is 6.07 Å². The Balaban J connectivity index is 2.76. The van der Waals surface area contributed by atoms with Crippen molar-refractivity contribution < 1.29 is 9.53 Å². The lowest BCUT2D eigenvalue weighted by Crippen LogP contribution is -2.39. The van der Waals surface area contributed by atoms with Gasteiger partial charge in [0, 0.05) is 6.04 Å². The number of urea groups is 1. The van der Waals surface area contributed by atoms with Crippen LogP contribution in [0.4, 0.5) is 4.79 Å². The van der Waals surface area contributed by atoms with Gasteiger partial charge < -0.3 is 15.8 Å². The van der Waals surface area contributed by atoms with E-state index in [1.807, 2.05) is 26.0 Å². The van der Waals surface area contributed by atoms with Gasteiger partial charge in [0.2, 0.25) is 0 Å². The molecule has 1 aromatic rings. The summed E-state index contributed by atoms with van der Waals surface area (Å²) in [6, 6.07) is 5.16. The number of nitrogens with one attached hydrogen (secondary N) is 1. The van der Waals surface area contributed by atoms with E-state index >= 15 is 0 Å². The summed E-state index contributed by atoms with van der Waals surface area (Å²) < 4.78 is 5.43. The van der Waals surface area contributed by atoms with Crippen molar-refractivity contribution in [1.29, 1.82) is 0 Å². The first-order chi connectivity index (χ1) is 8.56. The molecule has 0 heterocycles. The predicted molar refractivity (Wildman–Crippen MR) is 73.1 cm³/mol. The average Bonchev–Trinajstić information content (AvgIpc) is 2.32. The summed E-state index contributed by atoms with van der Waals surface area (Å²) in [5.74, 6) is 0.672. The first-order valence-corrected chi connectivity index (χ1v) is 6.41. The number of ether oxygens (including phenoxy) is 1. The van der Waals surface area contributed by atoms with Gasteiger partial charge in [0.25, 0.3) is 0 Å². The largest absolute Gasteiger partial charge is 0.492 e. The first kappa shape index (κ1) is 14.6. The van der Waals surface area contributed by atoms with Gasteiger partial charge in [-0.3, -0.25) is 0 Å². The van der Waals surface area contributed by atoms with Gasteiger partial charge >= 0.3 is 6.03 Å². The van der Waals surface area contributed by atoms with Crippen molar-refractivity contribution >= 4 is 17.6 Å². The fourth-order valence-electron chi connectivity index (χ4n) is 1.72. The van der Waals surface area contributed by atoms with Gasteiger partial charge in [-0.25, -0.2) is 4.79 Å². The van der Waals surface area contributed by atoms with Gasteiger partial charge in [-0.1, -0.05) is 24.6 Å². The van der Waals surface area contributed by atoms with Gasteiger partial charge in [0.15, 0.2) is 0 Å². The van der Waals surface area contributed by atoms with Gasteiger partial charge in [-0.05, 0) is 37.5 Å². The number of carbonyl (C=O) groups excluding carboxylic acids is 1. The maximum atomic E-state index is 10.8. The van der Waals surface area contributed by atoms with E-state index in [4.69, 9.17) is 22.1 Å². The Morgan fingerprint density at radius 3 is 2.78 bits per heavy atom. The minimum atomic E-state index is -0.499. The highest BCUT2D eigenvalue weighted by Gasteiger charge is 2.10. The second-order valence-corrected chi connectivity index (χ2v) is 4.42. The fraction of sp³-hybridized carbons (Fsp3) is 0.462. The number of benzene rings is 1. The van der Waals surface area contributed by atoms with Crippen LogP contribution in [0.2, 0.25) is 5.02 Å². The second kappa shape index (κ2) is 7.11. The summed E-state index contributed by atoms with van der Waals surface area (Å²) in [6.07, 6.45) is 1.52. The number of primary amides is 1. The molecular weight excluding hydrogens is 252 g/mol. The number of hydrogen-bond donors (Lipinski definition) is 2. The number of carbonyl (C=O) groups is 1. The predicted octanol–water partition coefficient (Wildman–Crippen LogP) is 2.73. The van der Waals surface area contributed by atoms with Crippen LogP contribution in [0.25, 0.3) is 0 Å². The van der Waals surface area contributed by atoms with Crippen molar-refractivity contribution in [3.8, 4) is 5.75 Å². The lowest BCUT2D eigenvalue weighted by molar-refractivity contribution is 0.244. The third-order valence-electron chi connectivity index (χ3n) is 2.62. The third kappa shape index (κ3) is 4.45. The zero-order chi connectivity index (χ0) is 13.5. The highest BCUT2D eigenvalue weighted by Crippen LogP contribution is 2.26. The van der Waals surface area contributed by atoms with E-state index in [-0.39, 0.29) is 6.04 Å².